The van der Waals surface area contributed by atoms with Crippen LogP contribution >= 0.6 is 0 Å². The molecule has 0 unspecified atom stereocenters. The van der Waals surface area contributed by atoms with E-state index >= 15 is 0 Å². The molecule has 2 aromatic rings. The number of sulfonamides is 1. The third-order valence-electron chi connectivity index (χ3n) is 3.72. The lowest BCUT2D eigenvalue weighted by Gasteiger charge is -2.18. The highest BCUT2D eigenvalue weighted by atomic mass is 32.2. The van der Waals surface area contributed by atoms with Crippen molar-refractivity contribution in [2.75, 3.05) is 29.8 Å². The summed E-state index contributed by atoms with van der Waals surface area (Å²) in [6.07, 6.45) is 3.89. The third kappa shape index (κ3) is 5.35. The molecule has 6 nitrogen and oxygen atoms in total. The van der Waals surface area contributed by atoms with E-state index in [-0.39, 0.29) is 4.90 Å². The second kappa shape index (κ2) is 8.71. The molecule has 1 aromatic carbocycles. The lowest BCUT2D eigenvalue weighted by Crippen LogP contribution is -2.19. The van der Waals surface area contributed by atoms with Crippen LogP contribution in [-0.4, -0.2) is 33.6 Å². The molecule has 2 rings (SSSR count). The lowest BCUT2D eigenvalue weighted by atomic mass is 10.3. The molecule has 0 radical (unpaired) electrons. The average molecular weight is 363 g/mol. The van der Waals surface area contributed by atoms with Crippen molar-refractivity contribution in [3.8, 4) is 5.75 Å². The van der Waals surface area contributed by atoms with E-state index in [1.54, 1.807) is 24.4 Å². The Hall–Kier alpha value is -2.28. The molecular weight excluding hydrogens is 338 g/mol. The predicted molar refractivity (Wildman–Crippen MR) is 101 cm³/mol. The van der Waals surface area contributed by atoms with Crippen molar-refractivity contribution < 1.29 is 13.2 Å². The number of anilines is 2. The average Bonchev–Trinajstić information content (AvgIpc) is 2.61. The Kier molecular flexibility index (Phi) is 6.64. The molecule has 1 N–H and O–H groups in total. The number of rotatable bonds is 9. The number of unbranched alkanes of at least 4 members (excludes halogenated alkanes) is 1. The Morgan fingerprint density at radius 3 is 2.40 bits per heavy atom. The minimum absolute atomic E-state index is 0.168. The van der Waals surface area contributed by atoms with Crippen molar-refractivity contribution in [2.24, 2.45) is 0 Å². The summed E-state index contributed by atoms with van der Waals surface area (Å²) in [7, 11) is -1.68. The largest absolute Gasteiger partial charge is 0.494 e. The normalized spacial score (nSPS) is 11.2. The highest BCUT2D eigenvalue weighted by Crippen LogP contribution is 2.20. The van der Waals surface area contributed by atoms with Gasteiger partial charge in [-0.2, -0.15) is 0 Å². The van der Waals surface area contributed by atoms with Crippen LogP contribution in [0.15, 0.2) is 47.5 Å². The van der Waals surface area contributed by atoms with E-state index in [2.05, 4.69) is 21.5 Å². The molecule has 0 atom stereocenters. The molecule has 0 spiro atoms. The molecule has 0 aliphatic carbocycles. The fourth-order valence-electron chi connectivity index (χ4n) is 2.27. The fraction of sp³-hybridized carbons (Fsp3) is 0.389. The zero-order valence-electron chi connectivity index (χ0n) is 14.9. The molecule has 0 saturated heterocycles. The molecule has 0 amide bonds. The van der Waals surface area contributed by atoms with Crippen LogP contribution in [0.3, 0.4) is 0 Å². The monoisotopic (exact) mass is 363 g/mol. The van der Waals surface area contributed by atoms with Gasteiger partial charge in [0.05, 0.1) is 23.4 Å². The van der Waals surface area contributed by atoms with Gasteiger partial charge >= 0.3 is 0 Å². The van der Waals surface area contributed by atoms with E-state index in [1.807, 2.05) is 20.0 Å². The number of hydrogen-bond donors (Lipinski definition) is 1. The first-order chi connectivity index (χ1) is 12.0. The number of nitrogens with zero attached hydrogens (tertiary/aromatic N) is 2. The quantitative estimate of drug-likeness (QED) is 0.738. The number of pyridine rings is 1. The molecule has 0 saturated carbocycles. The summed E-state index contributed by atoms with van der Waals surface area (Å²) in [5.74, 6) is 0.931. The molecule has 0 bridgehead atoms. The minimum atomic E-state index is -3.67. The molecule has 1 heterocycles. The van der Waals surface area contributed by atoms with Gasteiger partial charge in [-0.05, 0) is 49.7 Å². The van der Waals surface area contributed by atoms with Crippen LogP contribution in [0.2, 0.25) is 0 Å². The van der Waals surface area contributed by atoms with Crippen LogP contribution in [0.25, 0.3) is 0 Å². The summed E-state index contributed by atoms with van der Waals surface area (Å²) < 4.78 is 32.7. The van der Waals surface area contributed by atoms with E-state index in [0.717, 1.165) is 25.1 Å². The van der Waals surface area contributed by atoms with Crippen LogP contribution in [0, 0.1) is 0 Å². The minimum Gasteiger partial charge on any atom is -0.494 e. The second-order valence-corrected chi connectivity index (χ2v) is 7.37. The summed E-state index contributed by atoms with van der Waals surface area (Å²) in [5.41, 5.74) is 0.956. The van der Waals surface area contributed by atoms with E-state index in [4.69, 9.17) is 4.74 Å². The number of hydrogen-bond acceptors (Lipinski definition) is 5. The first-order valence-electron chi connectivity index (χ1n) is 8.39. The smallest absolute Gasteiger partial charge is 0.263 e. The Bertz CT molecular complexity index is 759. The van der Waals surface area contributed by atoms with Crippen LogP contribution in [0.1, 0.15) is 26.7 Å². The molecule has 7 heteroatoms. The Morgan fingerprint density at radius 1 is 1.12 bits per heavy atom. The third-order valence-corrected chi connectivity index (χ3v) is 5.09. The summed E-state index contributed by atoms with van der Waals surface area (Å²) in [6, 6.07) is 9.83. The number of ether oxygens (including phenoxy) is 1. The summed E-state index contributed by atoms with van der Waals surface area (Å²) >= 11 is 0. The van der Waals surface area contributed by atoms with Crippen LogP contribution in [-0.2, 0) is 10.0 Å². The zero-order valence-corrected chi connectivity index (χ0v) is 15.7. The fourth-order valence-corrected chi connectivity index (χ4v) is 3.28. The molecule has 0 fully saturated rings. The van der Waals surface area contributed by atoms with Gasteiger partial charge in [0.2, 0.25) is 0 Å². The van der Waals surface area contributed by atoms with Crippen molar-refractivity contribution in [3.05, 3.63) is 42.6 Å². The van der Waals surface area contributed by atoms with Gasteiger partial charge in [0.1, 0.15) is 11.6 Å². The maximum atomic E-state index is 12.4. The molecule has 0 aliphatic rings. The van der Waals surface area contributed by atoms with Gasteiger partial charge in [-0.3, -0.25) is 4.72 Å². The molecule has 1 aromatic heterocycles. The molecule has 0 aliphatic heterocycles. The lowest BCUT2D eigenvalue weighted by molar-refractivity contribution is 0.340. The van der Waals surface area contributed by atoms with E-state index in [9.17, 15) is 8.42 Å². The topological polar surface area (TPSA) is 71.5 Å². The molecule has 136 valence electrons. The number of benzene rings is 1. The number of nitrogens with one attached hydrogen (secondary N) is 1. The van der Waals surface area contributed by atoms with E-state index < -0.39 is 10.0 Å². The van der Waals surface area contributed by atoms with E-state index in [1.165, 1.54) is 12.1 Å². The Morgan fingerprint density at radius 2 is 1.84 bits per heavy atom. The summed E-state index contributed by atoms with van der Waals surface area (Å²) in [6.45, 7) is 5.49. The van der Waals surface area contributed by atoms with Crippen LogP contribution in [0.4, 0.5) is 11.5 Å². The van der Waals surface area contributed by atoms with Gasteiger partial charge in [0, 0.05) is 13.6 Å². The van der Waals surface area contributed by atoms with Gasteiger partial charge < -0.3 is 9.64 Å². The predicted octanol–water partition coefficient (Wildman–Crippen LogP) is 3.52. The Labute approximate surface area is 149 Å². The van der Waals surface area contributed by atoms with Crippen molar-refractivity contribution in [1.82, 2.24) is 4.98 Å². The van der Waals surface area contributed by atoms with Crippen molar-refractivity contribution in [1.29, 1.82) is 0 Å². The first-order valence-corrected chi connectivity index (χ1v) is 9.87. The van der Waals surface area contributed by atoms with E-state index in [0.29, 0.717) is 18.2 Å². The number of aromatic nitrogens is 1. The zero-order chi connectivity index (χ0) is 18.3. The highest BCUT2D eigenvalue weighted by Gasteiger charge is 2.15. The van der Waals surface area contributed by atoms with Crippen molar-refractivity contribution >= 4 is 21.5 Å². The van der Waals surface area contributed by atoms with Gasteiger partial charge in [-0.1, -0.05) is 13.3 Å². The molecule has 25 heavy (non-hydrogen) atoms. The van der Waals surface area contributed by atoms with Gasteiger partial charge in [0.25, 0.3) is 10.0 Å². The summed E-state index contributed by atoms with van der Waals surface area (Å²) in [4.78, 5) is 6.48. The second-order valence-electron chi connectivity index (χ2n) is 5.69. The summed E-state index contributed by atoms with van der Waals surface area (Å²) in [5, 5.41) is 0. The van der Waals surface area contributed by atoms with Crippen molar-refractivity contribution in [2.45, 2.75) is 31.6 Å². The SMILES string of the molecule is CCCCN(C)c1ccc(NS(=O)(=O)c2ccc(OCC)cc2)nc1. The van der Waals surface area contributed by atoms with Gasteiger partial charge in [-0.15, -0.1) is 0 Å². The Balaban J connectivity index is 2.07. The maximum absolute atomic E-state index is 12.4. The van der Waals surface area contributed by atoms with Gasteiger partial charge in [0.15, 0.2) is 0 Å². The van der Waals surface area contributed by atoms with Crippen LogP contribution < -0.4 is 14.4 Å². The highest BCUT2D eigenvalue weighted by molar-refractivity contribution is 7.92. The van der Waals surface area contributed by atoms with Crippen molar-refractivity contribution in [3.63, 3.8) is 0 Å². The standard InChI is InChI=1S/C18H25N3O3S/c1-4-6-13-21(3)15-7-12-18(19-14-15)20-25(22,23)17-10-8-16(9-11-17)24-5-2/h7-12,14H,4-6,13H2,1-3H3,(H,19,20). The van der Waals surface area contributed by atoms with Gasteiger partial charge in [-0.25, -0.2) is 13.4 Å². The maximum Gasteiger partial charge on any atom is 0.263 e. The molecular formula is C18H25N3O3S. The van der Waals surface area contributed by atoms with Crippen LogP contribution in [0.5, 0.6) is 5.75 Å². The first kappa shape index (κ1) is 19.1.